The van der Waals surface area contributed by atoms with Crippen LogP contribution in [0.3, 0.4) is 0 Å². The van der Waals surface area contributed by atoms with E-state index in [-0.39, 0.29) is 16.9 Å². The lowest BCUT2D eigenvalue weighted by Gasteiger charge is -2.46. The minimum atomic E-state index is -0.259. The summed E-state index contributed by atoms with van der Waals surface area (Å²) >= 11 is 0. The largest absolute Gasteiger partial charge is 0.504 e. The summed E-state index contributed by atoms with van der Waals surface area (Å²) in [6, 6.07) is 3.56. The fourth-order valence-corrected chi connectivity index (χ4v) is 4.36. The summed E-state index contributed by atoms with van der Waals surface area (Å²) in [4.78, 5) is 0. The summed E-state index contributed by atoms with van der Waals surface area (Å²) in [5.41, 5.74) is 3.14. The molecule has 0 aliphatic heterocycles. The Morgan fingerprint density at radius 3 is 2.54 bits per heavy atom. The lowest BCUT2D eigenvalue weighted by atomic mass is 9.58. The molecule has 1 aromatic carbocycles. The van der Waals surface area contributed by atoms with Crippen molar-refractivity contribution in [2.45, 2.75) is 58.8 Å². The van der Waals surface area contributed by atoms with E-state index in [2.05, 4.69) is 19.9 Å². The number of benzene rings is 1. The first-order chi connectivity index (χ1) is 11.5. The highest BCUT2D eigenvalue weighted by molar-refractivity contribution is 5.60. The quantitative estimate of drug-likeness (QED) is 0.748. The zero-order valence-corrected chi connectivity index (χ0v) is 15.5. The molecule has 2 aliphatic rings. The van der Waals surface area contributed by atoms with Crippen LogP contribution in [-0.2, 0) is 16.6 Å². The van der Waals surface area contributed by atoms with Gasteiger partial charge in [-0.15, -0.1) is 0 Å². The predicted molar refractivity (Wildman–Crippen MR) is 98.4 cm³/mol. The molecule has 2 N–H and O–H groups in total. The van der Waals surface area contributed by atoms with Gasteiger partial charge >= 0.3 is 0 Å². The molecule has 0 saturated heterocycles. The highest BCUT2D eigenvalue weighted by atomic mass is 16.5. The number of hydrogen-bond acceptors (Lipinski definition) is 3. The van der Waals surface area contributed by atoms with E-state index >= 15 is 0 Å². The van der Waals surface area contributed by atoms with Gasteiger partial charge in [0.25, 0.3) is 0 Å². The van der Waals surface area contributed by atoms with Crippen molar-refractivity contribution in [3.05, 3.63) is 46.7 Å². The predicted octanol–water partition coefficient (Wildman–Crippen LogP) is 5.21. The van der Waals surface area contributed by atoms with Crippen LogP contribution in [-0.4, -0.2) is 17.3 Å². The second-order valence-corrected chi connectivity index (χ2v) is 6.54. The Morgan fingerprint density at radius 1 is 1.21 bits per heavy atom. The van der Waals surface area contributed by atoms with Crippen molar-refractivity contribution in [1.82, 2.24) is 0 Å². The smallest absolute Gasteiger partial charge is 0.161 e. The molecule has 0 saturated carbocycles. The van der Waals surface area contributed by atoms with Crippen LogP contribution in [0.5, 0.6) is 11.5 Å². The average Bonchev–Trinajstić information content (AvgIpc) is 2.59. The molecule has 132 valence electrons. The summed E-state index contributed by atoms with van der Waals surface area (Å²) in [6.07, 6.45) is 7.80. The van der Waals surface area contributed by atoms with E-state index in [1.807, 2.05) is 26.0 Å². The molecule has 24 heavy (non-hydrogen) atoms. The van der Waals surface area contributed by atoms with Crippen molar-refractivity contribution in [3.63, 3.8) is 0 Å². The molecule has 2 atom stereocenters. The second-order valence-electron chi connectivity index (χ2n) is 6.54. The van der Waals surface area contributed by atoms with E-state index in [9.17, 15) is 10.2 Å². The second kappa shape index (κ2) is 7.33. The molecule has 0 aromatic heterocycles. The average molecular weight is 330 g/mol. The number of phenolic OH excluding ortho intramolecular Hbond substituents is 2. The van der Waals surface area contributed by atoms with E-state index in [0.29, 0.717) is 5.92 Å². The number of fused-ring (bicyclic) bond motifs is 3. The van der Waals surface area contributed by atoms with Crippen LogP contribution in [0, 0.1) is 5.92 Å². The molecule has 1 aromatic rings. The fourth-order valence-electron chi connectivity index (χ4n) is 4.36. The maximum Gasteiger partial charge on any atom is 0.161 e. The van der Waals surface area contributed by atoms with Gasteiger partial charge in [-0.3, -0.25) is 0 Å². The number of allylic oxidation sites excluding steroid dienone is 4. The Hall–Kier alpha value is -1.90. The Kier molecular flexibility index (Phi) is 5.63. The third-order valence-corrected chi connectivity index (χ3v) is 5.19. The van der Waals surface area contributed by atoms with Crippen LogP contribution in [0.2, 0.25) is 0 Å². The van der Waals surface area contributed by atoms with Gasteiger partial charge < -0.3 is 14.9 Å². The van der Waals surface area contributed by atoms with Crippen LogP contribution >= 0.6 is 0 Å². The van der Waals surface area contributed by atoms with Crippen molar-refractivity contribution < 1.29 is 14.9 Å². The van der Waals surface area contributed by atoms with Crippen molar-refractivity contribution in [2.24, 2.45) is 5.92 Å². The molecule has 0 amide bonds. The number of rotatable bonds is 3. The summed E-state index contributed by atoms with van der Waals surface area (Å²) in [6.45, 7) is 8.41. The molecular formula is C21H30O3. The Labute approximate surface area is 145 Å². The van der Waals surface area contributed by atoms with Crippen LogP contribution in [0.25, 0.3) is 0 Å². The van der Waals surface area contributed by atoms with Gasteiger partial charge in [0.1, 0.15) is 0 Å². The first-order valence-electron chi connectivity index (χ1n) is 9.03. The number of hydrogen-bond donors (Lipinski definition) is 2. The molecule has 0 spiro atoms. The molecule has 0 radical (unpaired) electrons. The number of ether oxygens (including phenoxy) is 1. The lowest BCUT2D eigenvalue weighted by Crippen LogP contribution is -2.39. The van der Waals surface area contributed by atoms with Crippen molar-refractivity contribution in [3.8, 4) is 11.5 Å². The SMILES string of the molecule is CC.CCCC12CC(OC)=CC=C1C(C)Cc1ccc(O)c(O)c12. The van der Waals surface area contributed by atoms with E-state index < -0.39 is 0 Å². The van der Waals surface area contributed by atoms with Crippen molar-refractivity contribution in [2.75, 3.05) is 7.11 Å². The van der Waals surface area contributed by atoms with Gasteiger partial charge in [-0.25, -0.2) is 0 Å². The number of methoxy groups -OCH3 is 1. The van der Waals surface area contributed by atoms with E-state index in [1.165, 1.54) is 5.57 Å². The van der Waals surface area contributed by atoms with Gasteiger partial charge in [0.05, 0.1) is 12.9 Å². The van der Waals surface area contributed by atoms with Gasteiger partial charge in [0, 0.05) is 17.4 Å². The molecule has 0 fully saturated rings. The van der Waals surface area contributed by atoms with Gasteiger partial charge in [-0.1, -0.05) is 51.8 Å². The van der Waals surface area contributed by atoms with Crippen LogP contribution < -0.4 is 0 Å². The molecule has 0 bridgehead atoms. The first-order valence-corrected chi connectivity index (χ1v) is 9.03. The lowest BCUT2D eigenvalue weighted by molar-refractivity contribution is 0.234. The molecule has 3 heteroatoms. The van der Waals surface area contributed by atoms with Crippen molar-refractivity contribution >= 4 is 0 Å². The van der Waals surface area contributed by atoms with E-state index in [0.717, 1.165) is 42.6 Å². The maximum atomic E-state index is 10.6. The zero-order valence-electron chi connectivity index (χ0n) is 15.5. The minimum Gasteiger partial charge on any atom is -0.504 e. The number of aromatic hydroxyl groups is 2. The summed E-state index contributed by atoms with van der Waals surface area (Å²) in [7, 11) is 1.69. The molecule has 0 heterocycles. The van der Waals surface area contributed by atoms with Crippen LogP contribution in [0.15, 0.2) is 35.6 Å². The van der Waals surface area contributed by atoms with Crippen LogP contribution in [0.1, 0.15) is 58.1 Å². The topological polar surface area (TPSA) is 49.7 Å². The van der Waals surface area contributed by atoms with Gasteiger partial charge in [-0.05, 0) is 36.5 Å². The first kappa shape index (κ1) is 18.4. The fraction of sp³-hybridized carbons (Fsp3) is 0.524. The normalized spacial score (nSPS) is 24.6. The van der Waals surface area contributed by atoms with E-state index in [4.69, 9.17) is 4.74 Å². The molecule has 3 rings (SSSR count). The number of phenols is 2. The summed E-state index contributed by atoms with van der Waals surface area (Å²) < 4.78 is 5.50. The third-order valence-electron chi connectivity index (χ3n) is 5.19. The molecule has 2 unspecified atom stereocenters. The zero-order chi connectivity index (χ0) is 17.9. The highest BCUT2D eigenvalue weighted by Gasteiger charge is 2.46. The molecular weight excluding hydrogens is 300 g/mol. The van der Waals surface area contributed by atoms with Gasteiger partial charge in [-0.2, -0.15) is 0 Å². The van der Waals surface area contributed by atoms with Gasteiger partial charge in [0.2, 0.25) is 0 Å². The van der Waals surface area contributed by atoms with Crippen molar-refractivity contribution in [1.29, 1.82) is 0 Å². The highest BCUT2D eigenvalue weighted by Crippen LogP contribution is 2.56. The molecule has 3 nitrogen and oxygen atoms in total. The summed E-state index contributed by atoms with van der Waals surface area (Å²) in [5, 5.41) is 20.6. The van der Waals surface area contributed by atoms with Crippen LogP contribution in [0.4, 0.5) is 0 Å². The molecule has 2 aliphatic carbocycles. The maximum absolute atomic E-state index is 10.6. The Balaban J connectivity index is 0.00000100. The standard InChI is InChI=1S/C19H24O3.C2H6/c1-4-9-19-11-14(22-3)6-7-15(19)12(2)10-13-5-8-16(20)18(21)17(13)19;1-2/h5-8,12,20-21H,4,9-11H2,1-3H3;1-2H3. The Bertz CT molecular complexity index is 657. The Morgan fingerprint density at radius 2 is 1.92 bits per heavy atom. The third kappa shape index (κ3) is 2.81. The monoisotopic (exact) mass is 330 g/mol. The summed E-state index contributed by atoms with van der Waals surface area (Å²) in [5.74, 6) is 1.37. The van der Waals surface area contributed by atoms with E-state index in [1.54, 1.807) is 13.2 Å². The van der Waals surface area contributed by atoms with Gasteiger partial charge in [0.15, 0.2) is 11.5 Å². The minimum absolute atomic E-state index is 0.0309.